The van der Waals surface area contributed by atoms with Crippen LogP contribution in [0.5, 0.6) is 0 Å². The van der Waals surface area contributed by atoms with Crippen LogP contribution in [-0.4, -0.2) is 69.8 Å². The number of rotatable bonds is 18. The van der Waals surface area contributed by atoms with E-state index < -0.39 is 15.2 Å². The lowest BCUT2D eigenvalue weighted by atomic mass is 10.2. The van der Waals surface area contributed by atoms with Gasteiger partial charge in [-0.1, -0.05) is 0 Å². The van der Waals surface area contributed by atoms with Crippen LogP contribution in [0.3, 0.4) is 0 Å². The zero-order chi connectivity index (χ0) is 28.5. The second kappa shape index (κ2) is 14.8. The minimum atomic E-state index is -3.51. The summed E-state index contributed by atoms with van der Waals surface area (Å²) in [4.78, 5) is 22.9. The molecule has 0 aromatic carbocycles. The van der Waals surface area contributed by atoms with E-state index in [2.05, 4.69) is 15.0 Å². The Labute approximate surface area is 224 Å². The normalized spacial score (nSPS) is 13.3. The van der Waals surface area contributed by atoms with Crippen LogP contribution in [0.4, 0.5) is 0 Å². The van der Waals surface area contributed by atoms with Crippen LogP contribution in [-0.2, 0) is 43.2 Å². The Kier molecular flexibility index (Phi) is 12.8. The van der Waals surface area contributed by atoms with Gasteiger partial charge >= 0.3 is 15.2 Å². The average molecular weight is 581 g/mol. The zero-order valence-corrected chi connectivity index (χ0v) is 25.3. The Morgan fingerprint density at radius 3 is 1.66 bits per heavy atom. The van der Waals surface area contributed by atoms with E-state index in [1.165, 1.54) is 12.7 Å². The maximum absolute atomic E-state index is 13.2. The number of fused-ring (bicyclic) bond motifs is 1. The van der Waals surface area contributed by atoms with E-state index in [9.17, 15) is 13.9 Å². The van der Waals surface area contributed by atoms with Crippen LogP contribution in [0, 0.1) is 5.92 Å². The van der Waals surface area contributed by atoms with Gasteiger partial charge in [-0.25, -0.2) is 9.97 Å². The van der Waals surface area contributed by atoms with E-state index in [4.69, 9.17) is 27.6 Å². The highest BCUT2D eigenvalue weighted by Crippen LogP contribution is 2.51. The summed E-state index contributed by atoms with van der Waals surface area (Å²) in [5.74, 6) is -0.341. The molecule has 2 rings (SSSR count). The zero-order valence-electron chi connectivity index (χ0n) is 23.5. The predicted molar refractivity (Wildman–Crippen MR) is 143 cm³/mol. The van der Waals surface area contributed by atoms with Gasteiger partial charge in [0.2, 0.25) is 0 Å². The average Bonchev–Trinajstić information content (AvgIpc) is 3.15. The lowest BCUT2D eigenvalue weighted by Crippen LogP contribution is -2.24. The SMILES string of the molecule is CC(C)OP(=O)(COCC(COCP(=O)(OC(C)C)OC(C)C)Cn1cnc2c(=O)[nH]cnc21)OC(C)C. The van der Waals surface area contributed by atoms with E-state index >= 15 is 0 Å². The molecular weight excluding hydrogens is 538 g/mol. The molecule has 2 heterocycles. The van der Waals surface area contributed by atoms with Gasteiger partial charge in [0.15, 0.2) is 11.2 Å². The Morgan fingerprint density at radius 2 is 1.24 bits per heavy atom. The second-order valence-corrected chi connectivity index (χ2v) is 13.8. The van der Waals surface area contributed by atoms with Gasteiger partial charge in [0.25, 0.3) is 5.56 Å². The third-order valence-corrected chi connectivity index (χ3v) is 8.52. The fourth-order valence-corrected chi connectivity index (χ4v) is 7.15. The predicted octanol–water partition coefficient (Wildman–Crippen LogP) is 4.77. The number of hydrogen-bond acceptors (Lipinski definition) is 11. The Hall–Kier alpha value is -1.43. The number of ether oxygens (including phenoxy) is 2. The molecule has 0 aliphatic rings. The van der Waals surface area contributed by atoms with Crippen molar-refractivity contribution in [2.45, 2.75) is 86.4 Å². The van der Waals surface area contributed by atoms with Crippen molar-refractivity contribution in [1.29, 1.82) is 0 Å². The maximum atomic E-state index is 13.2. The summed E-state index contributed by atoms with van der Waals surface area (Å²) in [5, 5.41) is 0. The molecule has 0 fully saturated rings. The van der Waals surface area contributed by atoms with E-state index in [0.717, 1.165) is 0 Å². The molecule has 2 aromatic rings. The molecule has 15 heteroatoms. The number of nitrogens with one attached hydrogen (secondary N) is 1. The van der Waals surface area contributed by atoms with E-state index in [1.807, 2.05) is 0 Å². The van der Waals surface area contributed by atoms with Crippen molar-refractivity contribution in [2.24, 2.45) is 5.92 Å². The van der Waals surface area contributed by atoms with E-state index in [0.29, 0.717) is 12.2 Å². The molecule has 1 N–H and O–H groups in total. The molecule has 0 atom stereocenters. The number of nitrogens with zero attached hydrogens (tertiary/aromatic N) is 3. The van der Waals surface area contributed by atoms with E-state index in [1.54, 1.807) is 60.0 Å². The van der Waals surface area contributed by atoms with Crippen molar-refractivity contribution in [1.82, 2.24) is 19.5 Å². The van der Waals surface area contributed by atoms with Crippen LogP contribution in [0.1, 0.15) is 55.4 Å². The summed E-state index contributed by atoms with van der Waals surface area (Å²) in [6, 6.07) is 0. The molecule has 0 bridgehead atoms. The number of aromatic amines is 1. The molecule has 0 unspecified atom stereocenters. The van der Waals surface area contributed by atoms with Gasteiger partial charge in [0.1, 0.15) is 12.7 Å². The molecule has 0 saturated carbocycles. The molecule has 0 spiro atoms. The summed E-state index contributed by atoms with van der Waals surface area (Å²) >= 11 is 0. The first-order chi connectivity index (χ1) is 17.7. The highest BCUT2D eigenvalue weighted by atomic mass is 31.2. The van der Waals surface area contributed by atoms with Crippen LogP contribution < -0.4 is 5.56 Å². The van der Waals surface area contributed by atoms with Crippen molar-refractivity contribution >= 4 is 26.4 Å². The first kappa shape index (κ1) is 32.8. The van der Waals surface area contributed by atoms with Crippen molar-refractivity contribution in [2.75, 3.05) is 25.9 Å². The number of aromatic nitrogens is 4. The maximum Gasteiger partial charge on any atom is 0.356 e. The fraction of sp³-hybridized carbons (Fsp3) is 0.783. The molecule has 2 aromatic heterocycles. The monoisotopic (exact) mass is 580 g/mol. The Balaban J connectivity index is 2.16. The molecule has 0 radical (unpaired) electrons. The largest absolute Gasteiger partial charge is 0.368 e. The first-order valence-electron chi connectivity index (χ1n) is 12.7. The summed E-state index contributed by atoms with van der Waals surface area (Å²) in [7, 11) is -7.03. The number of hydrogen-bond donors (Lipinski definition) is 1. The van der Waals surface area contributed by atoms with Crippen molar-refractivity contribution in [3.8, 4) is 0 Å². The minimum absolute atomic E-state index is 0.0934. The van der Waals surface area contributed by atoms with Gasteiger partial charge in [-0.05, 0) is 55.4 Å². The van der Waals surface area contributed by atoms with Gasteiger partial charge in [-0.3, -0.25) is 13.9 Å². The molecule has 38 heavy (non-hydrogen) atoms. The topological polar surface area (TPSA) is 153 Å². The lowest BCUT2D eigenvalue weighted by Gasteiger charge is -2.25. The van der Waals surface area contributed by atoms with Crippen molar-refractivity contribution in [3.05, 3.63) is 23.0 Å². The standard InChI is InChI=1S/C23H42N4O9P2/c1-16(2)33-37(29,34-17(3)4)14-31-10-20(9-27-13-26-21-22(27)24-12-25-23(21)28)11-32-15-38(30,35-18(5)6)36-19(7)8/h12-13,16-20H,9-11,14-15H2,1-8H3,(H,24,25,28). The first-order valence-corrected chi connectivity index (χ1v) is 16.1. The summed E-state index contributed by atoms with van der Waals surface area (Å²) in [5.41, 5.74) is 0.245. The van der Waals surface area contributed by atoms with Gasteiger partial charge < -0.3 is 37.1 Å². The quantitative estimate of drug-likeness (QED) is 0.243. The fourth-order valence-electron chi connectivity index (χ4n) is 3.58. The molecule has 0 amide bonds. The molecule has 13 nitrogen and oxygen atoms in total. The number of imidazole rings is 1. The van der Waals surface area contributed by atoms with Crippen molar-refractivity contribution in [3.63, 3.8) is 0 Å². The molecule has 218 valence electrons. The summed E-state index contributed by atoms with van der Waals surface area (Å²) in [6.45, 7) is 14.6. The van der Waals surface area contributed by atoms with Crippen LogP contribution >= 0.6 is 15.2 Å². The van der Waals surface area contributed by atoms with Crippen molar-refractivity contribution < 1.29 is 36.7 Å². The lowest BCUT2D eigenvalue weighted by molar-refractivity contribution is 0.0377. The summed E-state index contributed by atoms with van der Waals surface area (Å²) < 4.78 is 61.9. The highest BCUT2D eigenvalue weighted by Gasteiger charge is 2.30. The smallest absolute Gasteiger partial charge is 0.356 e. The second-order valence-electron chi connectivity index (χ2n) is 10.0. The van der Waals surface area contributed by atoms with E-state index in [-0.39, 0.29) is 67.3 Å². The summed E-state index contributed by atoms with van der Waals surface area (Å²) in [6.07, 6.45) is 1.01. The molecule has 0 aliphatic carbocycles. The Morgan fingerprint density at radius 1 is 0.789 bits per heavy atom. The third kappa shape index (κ3) is 11.0. The number of H-pyrrole nitrogens is 1. The van der Waals surface area contributed by atoms with Gasteiger partial charge in [-0.15, -0.1) is 0 Å². The van der Waals surface area contributed by atoms with Gasteiger partial charge in [-0.2, -0.15) is 0 Å². The third-order valence-electron chi connectivity index (χ3n) is 4.55. The molecule has 0 saturated heterocycles. The Bertz CT molecular complexity index is 1080. The highest BCUT2D eigenvalue weighted by molar-refractivity contribution is 7.53. The van der Waals surface area contributed by atoms with Gasteiger partial charge in [0.05, 0.1) is 50.3 Å². The minimum Gasteiger partial charge on any atom is -0.368 e. The molecular formula is C23H42N4O9P2. The van der Waals surface area contributed by atoms with Crippen LogP contribution in [0.25, 0.3) is 11.2 Å². The molecule has 0 aliphatic heterocycles. The van der Waals surface area contributed by atoms with Crippen LogP contribution in [0.2, 0.25) is 0 Å². The van der Waals surface area contributed by atoms with Gasteiger partial charge in [0, 0.05) is 12.5 Å². The van der Waals surface area contributed by atoms with Crippen LogP contribution in [0.15, 0.2) is 17.4 Å².